The second-order valence-corrected chi connectivity index (χ2v) is 8.68. The molecule has 2 aliphatic carbocycles. The van der Waals surface area contributed by atoms with E-state index in [2.05, 4.69) is 48.5 Å². The molecule has 132 valence electrons. The van der Waals surface area contributed by atoms with Gasteiger partial charge in [0.2, 0.25) is 0 Å². The van der Waals surface area contributed by atoms with Crippen molar-refractivity contribution in [3.63, 3.8) is 0 Å². The van der Waals surface area contributed by atoms with Crippen molar-refractivity contribution in [2.75, 3.05) is 0 Å². The van der Waals surface area contributed by atoms with E-state index in [0.29, 0.717) is 0 Å². The standard InChI is InChI=1S/C12H24.C10H20/c1-5-11-7-9(3)10(4)8-12(11)6-2;1-4-9-6-8(3)7-10(9)5-2/h9-12H,5-8H2,1-4H3;8-10H,4-7H2,1-3H3/t9?,10?,11-,12+;8?,9-,10+. The molecular formula is C22H44. The molecular weight excluding hydrogens is 264 g/mol. The molecule has 22 heavy (non-hydrogen) atoms. The van der Waals surface area contributed by atoms with Gasteiger partial charge in [0.15, 0.2) is 0 Å². The van der Waals surface area contributed by atoms with Gasteiger partial charge in [0.25, 0.3) is 0 Å². The zero-order valence-electron chi connectivity index (χ0n) is 16.7. The van der Waals surface area contributed by atoms with Crippen molar-refractivity contribution in [3.8, 4) is 0 Å². The van der Waals surface area contributed by atoms with E-state index in [1.165, 1.54) is 51.4 Å². The summed E-state index contributed by atoms with van der Waals surface area (Å²) in [5.41, 5.74) is 0. The van der Waals surface area contributed by atoms with Crippen LogP contribution in [0.4, 0.5) is 0 Å². The van der Waals surface area contributed by atoms with E-state index in [4.69, 9.17) is 0 Å². The Kier molecular flexibility index (Phi) is 9.10. The minimum Gasteiger partial charge on any atom is -0.0651 e. The van der Waals surface area contributed by atoms with E-state index in [0.717, 1.165) is 41.4 Å². The molecule has 0 amide bonds. The Labute approximate surface area is 141 Å². The van der Waals surface area contributed by atoms with Crippen molar-refractivity contribution in [2.45, 2.75) is 99.8 Å². The lowest BCUT2D eigenvalue weighted by Crippen LogP contribution is -2.28. The van der Waals surface area contributed by atoms with Crippen molar-refractivity contribution in [3.05, 3.63) is 0 Å². The van der Waals surface area contributed by atoms with Gasteiger partial charge in [-0.3, -0.25) is 0 Å². The van der Waals surface area contributed by atoms with Gasteiger partial charge in [-0.25, -0.2) is 0 Å². The van der Waals surface area contributed by atoms with Crippen LogP contribution in [0.3, 0.4) is 0 Å². The van der Waals surface area contributed by atoms with Gasteiger partial charge < -0.3 is 0 Å². The summed E-state index contributed by atoms with van der Waals surface area (Å²) >= 11 is 0. The van der Waals surface area contributed by atoms with Crippen LogP contribution < -0.4 is 0 Å². The minimum absolute atomic E-state index is 0.970. The van der Waals surface area contributed by atoms with Crippen LogP contribution in [0.5, 0.6) is 0 Å². The monoisotopic (exact) mass is 308 g/mol. The van der Waals surface area contributed by atoms with Crippen LogP contribution in [-0.4, -0.2) is 0 Å². The van der Waals surface area contributed by atoms with Gasteiger partial charge in [-0.05, 0) is 67.1 Å². The molecule has 0 heterocycles. The molecule has 0 aliphatic heterocycles. The van der Waals surface area contributed by atoms with Gasteiger partial charge in [0, 0.05) is 0 Å². The largest absolute Gasteiger partial charge is 0.0651 e. The SMILES string of the molecule is CC[C@@H]1CC(C)C(C)C[C@@H]1CC.CC[C@@H]1CC(C)C[C@@H]1CC. The third kappa shape index (κ3) is 5.57. The first-order chi connectivity index (χ1) is 10.5. The number of rotatable bonds is 4. The topological polar surface area (TPSA) is 0 Å². The summed E-state index contributed by atoms with van der Waals surface area (Å²) in [5, 5.41) is 0. The van der Waals surface area contributed by atoms with E-state index in [-0.39, 0.29) is 0 Å². The zero-order valence-corrected chi connectivity index (χ0v) is 16.7. The molecule has 0 aromatic heterocycles. The fourth-order valence-electron chi connectivity index (χ4n) is 5.32. The molecule has 0 heteroatoms. The van der Waals surface area contributed by atoms with Gasteiger partial charge >= 0.3 is 0 Å². The van der Waals surface area contributed by atoms with Crippen LogP contribution in [0.2, 0.25) is 0 Å². The summed E-state index contributed by atoms with van der Waals surface area (Å²) in [5.74, 6) is 7.12. The molecule has 3 unspecified atom stereocenters. The quantitative estimate of drug-likeness (QED) is 0.502. The summed E-state index contributed by atoms with van der Waals surface area (Å²) in [6.45, 7) is 16.7. The third-order valence-electron chi connectivity index (χ3n) is 7.16. The first-order valence-corrected chi connectivity index (χ1v) is 10.5. The third-order valence-corrected chi connectivity index (χ3v) is 7.16. The van der Waals surface area contributed by atoms with Crippen LogP contribution in [0, 0.1) is 41.4 Å². The first kappa shape index (κ1) is 20.0. The number of hydrogen-bond donors (Lipinski definition) is 0. The molecule has 0 radical (unpaired) electrons. The molecule has 0 aromatic rings. The van der Waals surface area contributed by atoms with E-state index >= 15 is 0 Å². The van der Waals surface area contributed by atoms with E-state index in [1.54, 1.807) is 0 Å². The average molecular weight is 309 g/mol. The van der Waals surface area contributed by atoms with Gasteiger partial charge in [-0.15, -0.1) is 0 Å². The highest BCUT2D eigenvalue weighted by molar-refractivity contribution is 4.81. The predicted molar refractivity (Wildman–Crippen MR) is 101 cm³/mol. The van der Waals surface area contributed by atoms with Crippen LogP contribution in [0.25, 0.3) is 0 Å². The molecule has 0 nitrogen and oxygen atoms in total. The summed E-state index contributed by atoms with van der Waals surface area (Å²) < 4.78 is 0. The fraction of sp³-hybridized carbons (Fsp3) is 1.00. The molecule has 2 rings (SSSR count). The molecule has 2 saturated carbocycles. The summed E-state index contributed by atoms with van der Waals surface area (Å²) in [7, 11) is 0. The molecule has 7 atom stereocenters. The smallest absolute Gasteiger partial charge is 0.0386 e. The highest BCUT2D eigenvalue weighted by atomic mass is 14.4. The molecule has 2 aliphatic rings. The second-order valence-electron chi connectivity index (χ2n) is 8.68. The lowest BCUT2D eigenvalue weighted by Gasteiger charge is -2.38. The number of hydrogen-bond acceptors (Lipinski definition) is 0. The second kappa shape index (κ2) is 9.99. The Morgan fingerprint density at radius 3 is 1.05 bits per heavy atom. The van der Waals surface area contributed by atoms with Crippen molar-refractivity contribution in [1.29, 1.82) is 0 Å². The van der Waals surface area contributed by atoms with Crippen LogP contribution >= 0.6 is 0 Å². The maximum absolute atomic E-state index is 2.43. The van der Waals surface area contributed by atoms with E-state index in [1.807, 2.05) is 0 Å². The summed E-state index contributed by atoms with van der Waals surface area (Å²) in [6, 6.07) is 0. The molecule has 0 N–H and O–H groups in total. The van der Waals surface area contributed by atoms with Crippen LogP contribution in [0.1, 0.15) is 99.8 Å². The van der Waals surface area contributed by atoms with Gasteiger partial charge in [-0.2, -0.15) is 0 Å². The van der Waals surface area contributed by atoms with Crippen molar-refractivity contribution in [1.82, 2.24) is 0 Å². The average Bonchev–Trinajstić information content (AvgIpc) is 2.90. The molecule has 0 spiro atoms. The maximum atomic E-state index is 2.43. The predicted octanol–water partition coefficient (Wildman–Crippen LogP) is 7.57. The Balaban J connectivity index is 0.000000224. The Morgan fingerprint density at radius 2 is 0.773 bits per heavy atom. The molecule has 2 fully saturated rings. The van der Waals surface area contributed by atoms with Gasteiger partial charge in [-0.1, -0.05) is 74.1 Å². The van der Waals surface area contributed by atoms with Crippen LogP contribution in [0.15, 0.2) is 0 Å². The normalized spacial score (nSPS) is 41.9. The van der Waals surface area contributed by atoms with Crippen molar-refractivity contribution in [2.24, 2.45) is 41.4 Å². The Morgan fingerprint density at radius 1 is 0.500 bits per heavy atom. The summed E-state index contributed by atoms with van der Waals surface area (Å²) in [4.78, 5) is 0. The van der Waals surface area contributed by atoms with Crippen molar-refractivity contribution < 1.29 is 0 Å². The van der Waals surface area contributed by atoms with Gasteiger partial charge in [0.05, 0.1) is 0 Å². The fourth-order valence-corrected chi connectivity index (χ4v) is 5.32. The van der Waals surface area contributed by atoms with Gasteiger partial charge in [0.1, 0.15) is 0 Å². The van der Waals surface area contributed by atoms with Crippen LogP contribution in [-0.2, 0) is 0 Å². The highest BCUT2D eigenvalue weighted by Crippen LogP contribution is 2.41. The Hall–Kier alpha value is 0. The summed E-state index contributed by atoms with van der Waals surface area (Å²) in [6.07, 6.45) is 11.6. The zero-order chi connectivity index (χ0) is 16.7. The van der Waals surface area contributed by atoms with Crippen molar-refractivity contribution >= 4 is 0 Å². The first-order valence-electron chi connectivity index (χ1n) is 10.5. The lowest BCUT2D eigenvalue weighted by molar-refractivity contribution is 0.126. The minimum atomic E-state index is 0.970. The lowest BCUT2D eigenvalue weighted by atomic mass is 9.68. The highest BCUT2D eigenvalue weighted by Gasteiger charge is 2.30. The molecule has 0 aromatic carbocycles. The van der Waals surface area contributed by atoms with E-state index < -0.39 is 0 Å². The molecule has 0 saturated heterocycles. The van der Waals surface area contributed by atoms with E-state index in [9.17, 15) is 0 Å². The molecule has 0 bridgehead atoms. The maximum Gasteiger partial charge on any atom is -0.0386 e. The Bertz CT molecular complexity index is 254.